The van der Waals surface area contributed by atoms with Crippen LogP contribution in [0.15, 0.2) is 70.9 Å². The van der Waals surface area contributed by atoms with E-state index >= 15 is 0 Å². The summed E-state index contributed by atoms with van der Waals surface area (Å²) >= 11 is 0. The molecule has 6 rings (SSSR count). The number of nitrogens with one attached hydrogen (secondary N) is 3. The lowest BCUT2D eigenvalue weighted by molar-refractivity contribution is -0.159. The number of hydrogen-bond acceptors (Lipinski definition) is 30. The number of amides is 7. The van der Waals surface area contributed by atoms with E-state index in [0.29, 0.717) is 111 Å². The molecule has 2 aromatic carbocycles. The minimum Gasteiger partial charge on any atom is -0.481 e. The number of carbonyl (C=O) groups excluding carboxylic acids is 12. The molecule has 45 nitrogen and oxygen atoms in total. The highest BCUT2D eigenvalue weighted by molar-refractivity contribution is 5.81. The van der Waals surface area contributed by atoms with Gasteiger partial charge in [-0.3, -0.25) is 86.7 Å². The van der Waals surface area contributed by atoms with E-state index in [1.165, 1.54) is 0 Å². The molecule has 4 aliphatic rings. The van der Waals surface area contributed by atoms with Crippen LogP contribution in [0.5, 0.6) is 0 Å². The van der Waals surface area contributed by atoms with Crippen molar-refractivity contribution in [3.8, 4) is 0 Å². The Kier molecular flexibility index (Phi) is 56.6. The number of benzene rings is 2. The summed E-state index contributed by atoms with van der Waals surface area (Å²) in [5, 5.41) is 49.7. The summed E-state index contributed by atoms with van der Waals surface area (Å²) in [6, 6.07) is 17.1. The van der Waals surface area contributed by atoms with Crippen LogP contribution >= 0.6 is 0 Å². The summed E-state index contributed by atoms with van der Waals surface area (Å²) in [6.07, 6.45) is 3.25. The van der Waals surface area contributed by atoms with Crippen LogP contribution in [0.2, 0.25) is 0 Å². The van der Waals surface area contributed by atoms with E-state index in [-0.39, 0.29) is 240 Å². The molecule has 0 saturated carbocycles. The number of nitrogens with zero attached hydrogens (tertiary/aromatic N) is 14. The molecule has 708 valence electrons. The fourth-order valence-corrected chi connectivity index (χ4v) is 12.4. The van der Waals surface area contributed by atoms with Gasteiger partial charge in [-0.2, -0.15) is 0 Å². The molecule has 0 aromatic heterocycles. The fraction of sp³-hybridized carbons (Fsp3) is 0.659. The molecule has 45 heteroatoms. The number of piperazine rings is 4. The van der Waals surface area contributed by atoms with Gasteiger partial charge < -0.3 is 94.9 Å². The molecule has 0 bridgehead atoms. The molecular weight excluding hydrogens is 1670 g/mol. The van der Waals surface area contributed by atoms with Crippen LogP contribution in [-0.2, 0) is 113 Å². The monoisotopic (exact) mass is 1800 g/mol. The minimum absolute atomic E-state index is 0.0216. The van der Waals surface area contributed by atoms with Crippen molar-refractivity contribution >= 4 is 95.4 Å². The Labute approximate surface area is 738 Å². The summed E-state index contributed by atoms with van der Waals surface area (Å²) in [5.74, 6) is -6.21. The zero-order valence-electron chi connectivity index (χ0n) is 73.8. The second kappa shape index (κ2) is 64.7. The number of hydrogen-bond donors (Lipinski definition) is 8. The number of alkyl carbamates (subject to hydrolysis) is 2. The molecule has 4 aliphatic heterocycles. The lowest BCUT2D eigenvalue weighted by Crippen LogP contribution is -2.58. The molecule has 0 aliphatic carbocycles. The number of aliphatic carboxylic acids is 4. The highest BCUT2D eigenvalue weighted by Crippen LogP contribution is 2.19. The van der Waals surface area contributed by atoms with Crippen LogP contribution < -0.4 is 21.7 Å². The summed E-state index contributed by atoms with van der Waals surface area (Å²) in [6.45, 7) is 18.0. The van der Waals surface area contributed by atoms with E-state index in [9.17, 15) is 76.7 Å². The van der Waals surface area contributed by atoms with Gasteiger partial charge in [0, 0.05) is 192 Å². The van der Waals surface area contributed by atoms with Gasteiger partial charge in [-0.25, -0.2) is 9.59 Å². The largest absolute Gasteiger partial charge is 0.481 e. The molecule has 0 radical (unpaired) electrons. The molecule has 4 atom stereocenters. The molecule has 7 amide bonds. The molecule has 2 aromatic rings. The summed E-state index contributed by atoms with van der Waals surface area (Å²) in [5.41, 5.74) is 22.5. The maximum Gasteiger partial charge on any atom is 0.407 e. The Morgan fingerprint density at radius 3 is 1.00 bits per heavy atom. The normalized spacial score (nSPS) is 16.3. The van der Waals surface area contributed by atoms with Crippen molar-refractivity contribution in [1.82, 2.24) is 55.1 Å². The first-order valence-corrected chi connectivity index (χ1v) is 42.2. The third-order valence-electron chi connectivity index (χ3n) is 19.1. The number of azide groups is 2. The zero-order chi connectivity index (χ0) is 94.5. The predicted octanol–water partition coefficient (Wildman–Crippen LogP) is 3.93. The van der Waals surface area contributed by atoms with Gasteiger partial charge in [0.15, 0.2) is 0 Å². The van der Waals surface area contributed by atoms with Crippen LogP contribution in [0.3, 0.4) is 0 Å². The van der Waals surface area contributed by atoms with Gasteiger partial charge in [-0.05, 0) is 68.6 Å². The van der Waals surface area contributed by atoms with Gasteiger partial charge >= 0.3 is 65.9 Å². The van der Waals surface area contributed by atoms with E-state index in [1.54, 1.807) is 82.8 Å². The number of carboxylic acids is 4. The topological polar surface area (TPSA) is 604 Å². The number of nitrogens with two attached hydrogens (primary N) is 1. The number of rotatable bonds is 45. The minimum atomic E-state index is -0.983. The zero-order valence-corrected chi connectivity index (χ0v) is 73.8. The number of ether oxygens (including phenoxy) is 7. The summed E-state index contributed by atoms with van der Waals surface area (Å²) < 4.78 is 36.4. The summed E-state index contributed by atoms with van der Waals surface area (Å²) in [4.78, 5) is 205. The van der Waals surface area contributed by atoms with Crippen LogP contribution in [0.1, 0.15) is 149 Å². The molecule has 4 heterocycles. The van der Waals surface area contributed by atoms with Gasteiger partial charge in [-0.1, -0.05) is 98.6 Å². The van der Waals surface area contributed by atoms with Gasteiger partial charge in [0.1, 0.15) is 45.2 Å². The third kappa shape index (κ3) is 51.9. The van der Waals surface area contributed by atoms with Crippen molar-refractivity contribution in [3.63, 3.8) is 0 Å². The highest BCUT2D eigenvalue weighted by Gasteiger charge is 2.37. The standard InChI is InChI=1S/C25H37N3O7.C21H29N3O7.C18H30N6O6.C13H23N3O5.C5H9N3O2/c1-5-22(30)33-18-20-15-28(14-13-27(20)16-23(31)35-25(2,3)4)21(29)11-12-26-24(32)34-17-19-9-7-6-8-10-19;1-2-20(28)30-15-17-12-24(11-10-23(17)13-19(26)27)18(25)8-9-22-21(29)31-14-16-6-4-3-5-7-16;1-2-18(29)30-13-14-11-24(10-9-23(14)12-17(27)28)16(26)6-8-20-15(25)5-3-4-7-21-22-19;1-2-13(20)21-9-10-7-16(11(17)3-4-14)6-5-15(10)8-12(18)19;6-8-7-4-2-1-3-5(9)10/h6-10,20H,5,11-18H2,1-4H3,(H,26,32);3-7,17H,2,8-15H2,1H3,(H,22,29)(H,26,27);14H,2-13H2,1H3,(H,20,25)(H,27,28);10H,2-9,14H2,1H3,(H,18,19);1-4H2,(H,9,10). The smallest absolute Gasteiger partial charge is 0.407 e. The van der Waals surface area contributed by atoms with Crippen molar-refractivity contribution in [2.24, 2.45) is 16.0 Å². The van der Waals surface area contributed by atoms with Crippen molar-refractivity contribution in [1.29, 1.82) is 0 Å². The third-order valence-corrected chi connectivity index (χ3v) is 19.1. The van der Waals surface area contributed by atoms with Crippen LogP contribution in [0.25, 0.3) is 20.9 Å². The Hall–Kier alpha value is -12.0. The van der Waals surface area contributed by atoms with Gasteiger partial charge in [-0.15, -0.1) is 0 Å². The van der Waals surface area contributed by atoms with Crippen molar-refractivity contribution < 1.29 is 130 Å². The quantitative estimate of drug-likeness (QED) is 0.0116. The SMILES string of the molecule is CCC(=O)OCC1CN(C(=O)CCN)CCN1CC(=O)O.CCC(=O)OCC1CN(C(=O)CCNC(=O)CCCCN=[N+]=[N-])CCN1CC(=O)O.CCC(=O)OCC1CN(C(=O)CCNC(=O)OCc2ccccc2)CCN1CC(=O)O.CCC(=O)OCC1CN(C(=O)CCNC(=O)OCc2ccccc2)CCN1CC(=O)OC(C)(C)C.[N-]=[N+]=NCCCCC(=O)O. The molecule has 4 fully saturated rings. The number of carbonyl (C=O) groups is 16. The molecule has 4 saturated heterocycles. The van der Waals surface area contributed by atoms with E-state index in [4.69, 9.17) is 70.4 Å². The average Bonchev–Trinajstić information content (AvgIpc) is 0.848. The van der Waals surface area contributed by atoms with E-state index in [0.717, 1.165) is 11.1 Å². The molecule has 9 N–H and O–H groups in total. The maximum atomic E-state index is 12.7. The van der Waals surface area contributed by atoms with E-state index < -0.39 is 47.7 Å². The fourth-order valence-electron chi connectivity index (χ4n) is 12.4. The number of unbranched alkanes of at least 4 members (excludes halogenated alkanes) is 2. The number of esters is 5. The Bertz CT molecular complexity index is 3870. The van der Waals surface area contributed by atoms with Gasteiger partial charge in [0.25, 0.3) is 0 Å². The first kappa shape index (κ1) is 111. The lowest BCUT2D eigenvalue weighted by atomic mass is 10.1. The van der Waals surface area contributed by atoms with Crippen molar-refractivity contribution in [2.75, 3.05) is 170 Å². The van der Waals surface area contributed by atoms with E-state index in [2.05, 4.69) is 36.0 Å². The number of carboxylic acid groups (broad SMARTS) is 4. The lowest BCUT2D eigenvalue weighted by Gasteiger charge is -2.40. The first-order chi connectivity index (χ1) is 60.6. The first-order valence-electron chi connectivity index (χ1n) is 42.2. The molecule has 0 spiro atoms. The second-order valence-electron chi connectivity index (χ2n) is 30.1. The Balaban J connectivity index is 0.000000558. The van der Waals surface area contributed by atoms with Gasteiger partial charge in [0.05, 0.1) is 50.3 Å². The summed E-state index contributed by atoms with van der Waals surface area (Å²) in [7, 11) is 0. The predicted molar refractivity (Wildman–Crippen MR) is 455 cm³/mol. The van der Waals surface area contributed by atoms with E-state index in [1.807, 2.05) is 65.6 Å². The molecule has 127 heavy (non-hydrogen) atoms. The van der Waals surface area contributed by atoms with Crippen LogP contribution in [-0.4, -0.2) is 355 Å². The molecular formula is C82H128N18O27. The van der Waals surface area contributed by atoms with Crippen molar-refractivity contribution in [3.05, 3.63) is 92.7 Å². The second-order valence-corrected chi connectivity index (χ2v) is 30.1. The Morgan fingerprint density at radius 2 is 0.709 bits per heavy atom. The van der Waals surface area contributed by atoms with Crippen LogP contribution in [0, 0.1) is 0 Å². The highest BCUT2D eigenvalue weighted by atomic mass is 16.6. The Morgan fingerprint density at radius 1 is 0.402 bits per heavy atom. The van der Waals surface area contributed by atoms with Crippen LogP contribution in [0.4, 0.5) is 9.59 Å². The molecule has 4 unspecified atom stereocenters. The van der Waals surface area contributed by atoms with Gasteiger partial charge in [0.2, 0.25) is 29.5 Å². The maximum absolute atomic E-state index is 12.7. The van der Waals surface area contributed by atoms with Crippen molar-refractivity contribution in [2.45, 2.75) is 181 Å². The average molecular weight is 1800 g/mol.